The second-order valence-electron chi connectivity index (χ2n) is 6.71. The number of rotatable bonds is 7. The Labute approximate surface area is 174 Å². The van der Waals surface area contributed by atoms with E-state index in [9.17, 15) is 13.2 Å². The molecule has 1 heterocycles. The number of aryl methyl sites for hydroxylation is 1. The van der Waals surface area contributed by atoms with E-state index >= 15 is 0 Å². The van der Waals surface area contributed by atoms with Gasteiger partial charge in [-0.05, 0) is 55.8 Å². The van der Waals surface area contributed by atoms with Gasteiger partial charge in [0, 0.05) is 17.2 Å². The summed E-state index contributed by atoms with van der Waals surface area (Å²) < 4.78 is 28.8. The molecule has 0 fully saturated rings. The molecular formula is C21H22N2O4S2. The molecular weight excluding hydrogens is 408 g/mol. The van der Waals surface area contributed by atoms with Crippen LogP contribution in [0.3, 0.4) is 0 Å². The molecule has 0 bridgehead atoms. The van der Waals surface area contributed by atoms with Crippen molar-refractivity contribution < 1.29 is 17.9 Å². The minimum Gasteiger partial charge on any atom is -0.487 e. The molecule has 0 saturated carbocycles. The van der Waals surface area contributed by atoms with Gasteiger partial charge in [0.1, 0.15) is 12.4 Å². The van der Waals surface area contributed by atoms with Crippen molar-refractivity contribution in [3.8, 4) is 5.75 Å². The zero-order chi connectivity index (χ0) is 21.0. The van der Waals surface area contributed by atoms with Crippen molar-refractivity contribution in [1.82, 2.24) is 10.3 Å². The fourth-order valence-electron chi connectivity index (χ4n) is 2.70. The molecule has 6 nitrogen and oxygen atoms in total. The lowest BCUT2D eigenvalue weighted by Gasteiger charge is -2.15. The van der Waals surface area contributed by atoms with E-state index in [1.54, 1.807) is 59.9 Å². The maximum Gasteiger partial charge on any atom is 0.251 e. The molecule has 1 aromatic heterocycles. The molecule has 29 heavy (non-hydrogen) atoms. The Bertz CT molecular complexity index is 1090. The first kappa shape index (κ1) is 21.0. The van der Waals surface area contributed by atoms with E-state index in [0.717, 1.165) is 16.3 Å². The fourth-order valence-corrected chi connectivity index (χ4v) is 3.93. The number of benzene rings is 2. The molecule has 0 aliphatic carbocycles. The molecule has 0 aliphatic heterocycles. The molecule has 8 heteroatoms. The first-order chi connectivity index (χ1) is 13.7. The summed E-state index contributed by atoms with van der Waals surface area (Å²) in [6, 6.07) is 13.1. The number of hydrogen-bond donors (Lipinski definition) is 1. The zero-order valence-corrected chi connectivity index (χ0v) is 18.0. The number of hydrogen-bond acceptors (Lipinski definition) is 6. The Hall–Kier alpha value is -2.71. The third-order valence-corrected chi connectivity index (χ3v) is 6.28. The quantitative estimate of drug-likeness (QED) is 0.614. The number of nitrogens with one attached hydrogen (secondary N) is 1. The van der Waals surface area contributed by atoms with Gasteiger partial charge < -0.3 is 10.1 Å². The van der Waals surface area contributed by atoms with Gasteiger partial charge in [0.25, 0.3) is 5.91 Å². The fraction of sp³-hybridized carbons (Fsp3) is 0.238. The van der Waals surface area contributed by atoms with Crippen LogP contribution in [0, 0.1) is 6.92 Å². The summed E-state index contributed by atoms with van der Waals surface area (Å²) in [6.45, 7) is 4.18. The van der Waals surface area contributed by atoms with E-state index in [1.807, 2.05) is 19.2 Å². The molecule has 1 amide bonds. The minimum absolute atomic E-state index is 0.216. The number of carbonyl (C=O) groups is 1. The summed E-state index contributed by atoms with van der Waals surface area (Å²) in [5.41, 5.74) is 2.22. The zero-order valence-electron chi connectivity index (χ0n) is 16.4. The van der Waals surface area contributed by atoms with E-state index < -0.39 is 9.84 Å². The summed E-state index contributed by atoms with van der Waals surface area (Å²) in [5, 5.41) is 5.87. The van der Waals surface area contributed by atoms with Gasteiger partial charge in [-0.1, -0.05) is 12.1 Å². The van der Waals surface area contributed by atoms with Crippen molar-refractivity contribution in [1.29, 1.82) is 0 Å². The van der Waals surface area contributed by atoms with Crippen molar-refractivity contribution in [3.63, 3.8) is 0 Å². The van der Waals surface area contributed by atoms with E-state index in [2.05, 4.69) is 10.3 Å². The lowest BCUT2D eigenvalue weighted by Crippen LogP contribution is -2.26. The highest BCUT2D eigenvalue weighted by atomic mass is 32.2. The lowest BCUT2D eigenvalue weighted by atomic mass is 10.1. The first-order valence-electron chi connectivity index (χ1n) is 8.97. The number of aromatic nitrogens is 1. The molecule has 2 aromatic carbocycles. The number of ether oxygens (including phenoxy) is 1. The second-order valence-corrected chi connectivity index (χ2v) is 9.79. The van der Waals surface area contributed by atoms with Crippen molar-refractivity contribution in [3.05, 3.63) is 75.7 Å². The van der Waals surface area contributed by atoms with Gasteiger partial charge in [-0.3, -0.25) is 4.79 Å². The van der Waals surface area contributed by atoms with Gasteiger partial charge in [0.2, 0.25) is 0 Å². The summed E-state index contributed by atoms with van der Waals surface area (Å²) in [6.07, 6.45) is 1.17. The molecule has 0 radical (unpaired) electrons. The molecule has 3 aromatic rings. The van der Waals surface area contributed by atoms with E-state index in [0.29, 0.717) is 17.9 Å². The number of thiazole rings is 1. The molecule has 152 valence electrons. The predicted octanol–water partition coefficient (Wildman–Crippen LogP) is 3.93. The molecule has 1 N–H and O–H groups in total. The van der Waals surface area contributed by atoms with Gasteiger partial charge in [0.05, 0.1) is 21.6 Å². The topological polar surface area (TPSA) is 85.4 Å². The monoisotopic (exact) mass is 430 g/mol. The van der Waals surface area contributed by atoms with Gasteiger partial charge in [-0.25, -0.2) is 13.4 Å². The summed E-state index contributed by atoms with van der Waals surface area (Å²) >= 11 is 1.58. The van der Waals surface area contributed by atoms with Crippen molar-refractivity contribution >= 4 is 27.1 Å². The molecule has 1 atom stereocenters. The Balaban J connectivity index is 1.58. The van der Waals surface area contributed by atoms with E-state index in [-0.39, 0.29) is 16.8 Å². The van der Waals surface area contributed by atoms with Crippen LogP contribution in [0.5, 0.6) is 5.75 Å². The number of nitrogens with zero attached hydrogens (tertiary/aromatic N) is 1. The smallest absolute Gasteiger partial charge is 0.251 e. The molecule has 0 aliphatic rings. The normalized spacial score (nSPS) is 12.4. The van der Waals surface area contributed by atoms with Crippen LogP contribution >= 0.6 is 11.3 Å². The Morgan fingerprint density at radius 3 is 2.34 bits per heavy atom. The maximum atomic E-state index is 12.5. The summed E-state index contributed by atoms with van der Waals surface area (Å²) in [4.78, 5) is 17.1. The Morgan fingerprint density at radius 1 is 1.14 bits per heavy atom. The standard InChI is InChI=1S/C21H22N2O4S2/c1-14(16-6-10-20(11-7-16)29(3,25)26)22-21(24)17-4-8-19(9-5-17)27-12-18-13-28-15(2)23-18/h4-11,13-14H,12H2,1-3H3,(H,22,24)/t14-/m0/s1. The average Bonchev–Trinajstić information content (AvgIpc) is 3.11. The van der Waals surface area contributed by atoms with Crippen molar-refractivity contribution in [2.45, 2.75) is 31.4 Å². The van der Waals surface area contributed by atoms with Crippen molar-refractivity contribution in [2.24, 2.45) is 0 Å². The van der Waals surface area contributed by atoms with Gasteiger partial charge >= 0.3 is 0 Å². The highest BCUT2D eigenvalue weighted by molar-refractivity contribution is 7.90. The summed E-state index contributed by atoms with van der Waals surface area (Å²) in [7, 11) is -3.24. The third-order valence-electron chi connectivity index (χ3n) is 4.33. The van der Waals surface area contributed by atoms with E-state index in [4.69, 9.17) is 4.74 Å². The first-order valence-corrected chi connectivity index (χ1v) is 11.7. The van der Waals surface area contributed by atoms with Crippen LogP contribution in [0.25, 0.3) is 0 Å². The van der Waals surface area contributed by atoms with Crippen LogP contribution in [0.1, 0.15) is 39.6 Å². The van der Waals surface area contributed by atoms with Crippen LogP contribution < -0.4 is 10.1 Å². The number of amides is 1. The number of carbonyl (C=O) groups excluding carboxylic acids is 1. The van der Waals surface area contributed by atoms with Gasteiger partial charge in [-0.15, -0.1) is 11.3 Å². The SMILES string of the molecule is Cc1nc(COc2ccc(C(=O)N[C@@H](C)c3ccc(S(C)(=O)=O)cc3)cc2)cs1. The Kier molecular flexibility index (Phi) is 6.34. The van der Waals surface area contributed by atoms with Crippen LogP contribution in [0.4, 0.5) is 0 Å². The van der Waals surface area contributed by atoms with Crippen LogP contribution in [0.15, 0.2) is 58.8 Å². The van der Waals surface area contributed by atoms with Crippen LogP contribution in [0.2, 0.25) is 0 Å². The molecule has 0 unspecified atom stereocenters. The lowest BCUT2D eigenvalue weighted by molar-refractivity contribution is 0.0940. The predicted molar refractivity (Wildman–Crippen MR) is 113 cm³/mol. The molecule has 0 spiro atoms. The van der Waals surface area contributed by atoms with Crippen molar-refractivity contribution in [2.75, 3.05) is 6.26 Å². The Morgan fingerprint density at radius 2 is 1.79 bits per heavy atom. The largest absolute Gasteiger partial charge is 0.487 e. The minimum atomic E-state index is -3.24. The molecule has 0 saturated heterocycles. The van der Waals surface area contributed by atoms with Crippen LogP contribution in [-0.4, -0.2) is 25.6 Å². The third kappa shape index (κ3) is 5.65. The van der Waals surface area contributed by atoms with Gasteiger partial charge in [0.15, 0.2) is 9.84 Å². The summed E-state index contributed by atoms with van der Waals surface area (Å²) in [5.74, 6) is 0.447. The van der Waals surface area contributed by atoms with Crippen LogP contribution in [-0.2, 0) is 16.4 Å². The maximum absolute atomic E-state index is 12.5. The molecule has 3 rings (SSSR count). The highest BCUT2D eigenvalue weighted by Crippen LogP contribution is 2.18. The number of sulfone groups is 1. The van der Waals surface area contributed by atoms with Gasteiger partial charge in [-0.2, -0.15) is 0 Å². The second kappa shape index (κ2) is 8.75. The van der Waals surface area contributed by atoms with E-state index in [1.165, 1.54) is 6.26 Å². The average molecular weight is 431 g/mol. The highest BCUT2D eigenvalue weighted by Gasteiger charge is 2.13.